The molecule has 0 unspecified atom stereocenters. The summed E-state index contributed by atoms with van der Waals surface area (Å²) in [5.41, 5.74) is 0.583. The summed E-state index contributed by atoms with van der Waals surface area (Å²) >= 11 is 0. The molecule has 26 heavy (non-hydrogen) atoms. The van der Waals surface area contributed by atoms with Crippen LogP contribution in [0.2, 0.25) is 0 Å². The lowest BCUT2D eigenvalue weighted by molar-refractivity contribution is 0.289. The molecule has 0 bridgehead atoms. The molecule has 2 rings (SSSR count). The number of rotatable bonds is 11. The number of nitrogens with zero attached hydrogens (tertiary/aromatic N) is 1. The van der Waals surface area contributed by atoms with Gasteiger partial charge >= 0.3 is 0 Å². The van der Waals surface area contributed by atoms with Gasteiger partial charge in [0.1, 0.15) is 5.75 Å². The number of ether oxygens (including phenoxy) is 3. The fourth-order valence-corrected chi connectivity index (χ4v) is 2.91. The Morgan fingerprint density at radius 1 is 0.923 bits per heavy atom. The maximum absolute atomic E-state index is 12.6. The standard InChI is InChI=1S/C21H31NO4/c1-5-7-9-10-14-25-16-11-12-17-18(15-16)22(3)21(23)20(24-4)19(17)26-13-8-6-2/h11-12,15H,5-10,13-14H2,1-4H3. The summed E-state index contributed by atoms with van der Waals surface area (Å²) in [6.07, 6.45) is 6.61. The average molecular weight is 361 g/mol. The molecule has 1 heterocycles. The van der Waals surface area contributed by atoms with E-state index >= 15 is 0 Å². The maximum atomic E-state index is 12.6. The van der Waals surface area contributed by atoms with Crippen LogP contribution >= 0.6 is 0 Å². The predicted octanol–water partition coefficient (Wildman–Crippen LogP) is 4.69. The molecule has 0 atom stereocenters. The zero-order chi connectivity index (χ0) is 18.9. The van der Waals surface area contributed by atoms with Crippen molar-refractivity contribution in [2.24, 2.45) is 7.05 Å². The predicted molar refractivity (Wildman–Crippen MR) is 106 cm³/mol. The van der Waals surface area contributed by atoms with Crippen LogP contribution in [0.4, 0.5) is 0 Å². The van der Waals surface area contributed by atoms with Gasteiger partial charge in [-0.1, -0.05) is 39.5 Å². The van der Waals surface area contributed by atoms with E-state index < -0.39 is 0 Å². The lowest BCUT2D eigenvalue weighted by Gasteiger charge is -2.16. The monoisotopic (exact) mass is 361 g/mol. The van der Waals surface area contributed by atoms with Crippen LogP contribution in [0.1, 0.15) is 52.4 Å². The van der Waals surface area contributed by atoms with E-state index in [1.807, 2.05) is 18.2 Å². The van der Waals surface area contributed by atoms with E-state index in [9.17, 15) is 4.79 Å². The van der Waals surface area contributed by atoms with E-state index in [-0.39, 0.29) is 11.3 Å². The molecule has 1 aromatic carbocycles. The van der Waals surface area contributed by atoms with E-state index in [0.717, 1.165) is 35.9 Å². The van der Waals surface area contributed by atoms with Gasteiger partial charge in [-0.3, -0.25) is 4.79 Å². The minimum atomic E-state index is -0.202. The first-order valence-electron chi connectivity index (χ1n) is 9.60. The molecular weight excluding hydrogens is 330 g/mol. The minimum absolute atomic E-state index is 0.202. The number of methoxy groups -OCH3 is 1. The summed E-state index contributed by atoms with van der Waals surface area (Å²) in [5, 5.41) is 0.860. The zero-order valence-corrected chi connectivity index (χ0v) is 16.5. The molecule has 0 saturated carbocycles. The number of hydrogen-bond acceptors (Lipinski definition) is 4. The second kappa shape index (κ2) is 10.1. The molecular formula is C21H31NO4. The van der Waals surface area contributed by atoms with Crippen LogP contribution in [0.25, 0.3) is 10.9 Å². The van der Waals surface area contributed by atoms with Crippen molar-refractivity contribution in [1.29, 1.82) is 0 Å². The largest absolute Gasteiger partial charge is 0.494 e. The lowest BCUT2D eigenvalue weighted by atomic mass is 10.1. The van der Waals surface area contributed by atoms with E-state index in [2.05, 4.69) is 13.8 Å². The summed E-state index contributed by atoms with van der Waals surface area (Å²) < 4.78 is 18.7. The Kier molecular flexibility index (Phi) is 7.82. The molecule has 0 aliphatic rings. The third-order valence-corrected chi connectivity index (χ3v) is 4.50. The lowest BCUT2D eigenvalue weighted by Crippen LogP contribution is -2.20. The highest BCUT2D eigenvalue weighted by molar-refractivity contribution is 5.89. The van der Waals surface area contributed by atoms with Crippen LogP contribution < -0.4 is 19.8 Å². The fraction of sp³-hybridized carbons (Fsp3) is 0.571. The van der Waals surface area contributed by atoms with Crippen LogP contribution in [0.15, 0.2) is 23.0 Å². The quantitative estimate of drug-likeness (QED) is 0.545. The van der Waals surface area contributed by atoms with Gasteiger partial charge in [0.25, 0.3) is 5.56 Å². The number of pyridine rings is 1. The Balaban J connectivity index is 2.32. The van der Waals surface area contributed by atoms with Gasteiger partial charge in [-0.05, 0) is 25.0 Å². The zero-order valence-electron chi connectivity index (χ0n) is 16.5. The first kappa shape index (κ1) is 20.1. The van der Waals surface area contributed by atoms with Crippen molar-refractivity contribution in [2.75, 3.05) is 20.3 Å². The molecule has 0 N–H and O–H groups in total. The van der Waals surface area contributed by atoms with Crippen molar-refractivity contribution in [2.45, 2.75) is 52.4 Å². The second-order valence-electron chi connectivity index (χ2n) is 6.52. The van der Waals surface area contributed by atoms with Gasteiger partial charge in [0.2, 0.25) is 5.75 Å². The Labute approximate surface area is 155 Å². The molecule has 0 saturated heterocycles. The van der Waals surface area contributed by atoms with Crippen LogP contribution in [0.5, 0.6) is 17.2 Å². The van der Waals surface area contributed by atoms with E-state index in [4.69, 9.17) is 14.2 Å². The van der Waals surface area contributed by atoms with Gasteiger partial charge in [-0.2, -0.15) is 0 Å². The molecule has 2 aromatic rings. The van der Waals surface area contributed by atoms with Crippen molar-refractivity contribution in [3.05, 3.63) is 28.6 Å². The number of aromatic nitrogens is 1. The van der Waals surface area contributed by atoms with Gasteiger partial charge < -0.3 is 18.8 Å². The van der Waals surface area contributed by atoms with Crippen LogP contribution in [-0.4, -0.2) is 24.9 Å². The van der Waals surface area contributed by atoms with E-state index in [0.29, 0.717) is 19.0 Å². The maximum Gasteiger partial charge on any atom is 0.297 e. The molecule has 144 valence electrons. The van der Waals surface area contributed by atoms with Crippen LogP contribution in [0, 0.1) is 0 Å². The van der Waals surface area contributed by atoms with Crippen LogP contribution in [-0.2, 0) is 7.05 Å². The van der Waals surface area contributed by atoms with Crippen molar-refractivity contribution in [1.82, 2.24) is 4.57 Å². The topological polar surface area (TPSA) is 49.7 Å². The molecule has 1 aromatic heterocycles. The summed E-state index contributed by atoms with van der Waals surface area (Å²) in [7, 11) is 3.25. The molecule has 0 aliphatic heterocycles. The highest BCUT2D eigenvalue weighted by atomic mass is 16.5. The second-order valence-corrected chi connectivity index (χ2v) is 6.52. The number of unbranched alkanes of at least 4 members (excludes halogenated alkanes) is 4. The molecule has 0 fully saturated rings. The Morgan fingerprint density at radius 2 is 1.65 bits per heavy atom. The highest BCUT2D eigenvalue weighted by Gasteiger charge is 2.18. The summed E-state index contributed by atoms with van der Waals surface area (Å²) in [5.74, 6) is 1.55. The Hall–Kier alpha value is -2.17. The molecule has 0 amide bonds. The summed E-state index contributed by atoms with van der Waals surface area (Å²) in [6.45, 7) is 5.55. The molecule has 0 aliphatic carbocycles. The van der Waals surface area contributed by atoms with E-state index in [1.165, 1.54) is 26.4 Å². The van der Waals surface area contributed by atoms with Gasteiger partial charge in [0.15, 0.2) is 5.75 Å². The molecule has 5 nitrogen and oxygen atoms in total. The highest BCUT2D eigenvalue weighted by Crippen LogP contribution is 2.34. The van der Waals surface area contributed by atoms with E-state index in [1.54, 1.807) is 11.6 Å². The summed E-state index contributed by atoms with van der Waals surface area (Å²) in [6, 6.07) is 5.78. The average Bonchev–Trinajstić information content (AvgIpc) is 2.65. The van der Waals surface area contributed by atoms with Gasteiger partial charge in [0.05, 0.1) is 25.8 Å². The number of fused-ring (bicyclic) bond motifs is 1. The Bertz CT molecular complexity index is 767. The third kappa shape index (κ3) is 4.71. The van der Waals surface area contributed by atoms with Crippen LogP contribution in [0.3, 0.4) is 0 Å². The third-order valence-electron chi connectivity index (χ3n) is 4.50. The van der Waals surface area contributed by atoms with Gasteiger partial charge in [-0.25, -0.2) is 0 Å². The smallest absolute Gasteiger partial charge is 0.297 e. The van der Waals surface area contributed by atoms with Gasteiger partial charge in [-0.15, -0.1) is 0 Å². The molecule has 5 heteroatoms. The molecule has 0 radical (unpaired) electrons. The minimum Gasteiger partial charge on any atom is -0.494 e. The van der Waals surface area contributed by atoms with Crippen molar-refractivity contribution in [3.8, 4) is 17.2 Å². The first-order chi connectivity index (χ1) is 12.6. The van der Waals surface area contributed by atoms with Crippen molar-refractivity contribution < 1.29 is 14.2 Å². The normalized spacial score (nSPS) is 10.9. The summed E-state index contributed by atoms with van der Waals surface area (Å²) in [4.78, 5) is 12.6. The Morgan fingerprint density at radius 3 is 2.35 bits per heavy atom. The number of aryl methyl sites for hydroxylation is 1. The first-order valence-corrected chi connectivity index (χ1v) is 9.60. The van der Waals surface area contributed by atoms with Crippen molar-refractivity contribution in [3.63, 3.8) is 0 Å². The number of hydrogen-bond donors (Lipinski definition) is 0. The van der Waals surface area contributed by atoms with Crippen molar-refractivity contribution >= 4 is 10.9 Å². The molecule has 0 spiro atoms. The van der Waals surface area contributed by atoms with Gasteiger partial charge in [0, 0.05) is 18.5 Å². The SMILES string of the molecule is CCCCCCOc1ccc2c(OCCCC)c(OC)c(=O)n(C)c2c1. The fourth-order valence-electron chi connectivity index (χ4n) is 2.91. The number of benzene rings is 1.